The highest BCUT2D eigenvalue weighted by molar-refractivity contribution is 5.67. The molecular weight excluding hydrogens is 280 g/mol. The number of hydrogen-bond donors (Lipinski definition) is 2. The molecule has 1 unspecified atom stereocenters. The highest BCUT2D eigenvalue weighted by Crippen LogP contribution is 2.28. The Balaban J connectivity index is 2.72. The third-order valence-electron chi connectivity index (χ3n) is 3.17. The average Bonchev–Trinajstić information content (AvgIpc) is 2.42. The molecular formula is C17H28N2O3. The summed E-state index contributed by atoms with van der Waals surface area (Å²) in [5, 5.41) is 2.70. The van der Waals surface area contributed by atoms with Crippen molar-refractivity contribution in [2.45, 2.75) is 52.2 Å². The van der Waals surface area contributed by atoms with Gasteiger partial charge in [-0.05, 0) is 43.9 Å². The molecule has 0 saturated carbocycles. The number of methoxy groups -OCH3 is 1. The molecule has 1 rings (SSSR count). The van der Waals surface area contributed by atoms with Crippen LogP contribution in [0, 0.1) is 0 Å². The summed E-state index contributed by atoms with van der Waals surface area (Å²) >= 11 is 0. The molecule has 1 aromatic carbocycles. The van der Waals surface area contributed by atoms with Crippen molar-refractivity contribution >= 4 is 6.09 Å². The quantitative estimate of drug-likeness (QED) is 0.875. The number of hydrogen-bond acceptors (Lipinski definition) is 4. The average molecular weight is 308 g/mol. The van der Waals surface area contributed by atoms with Crippen LogP contribution >= 0.6 is 0 Å². The second-order valence-corrected chi connectivity index (χ2v) is 6.65. The SMILES string of the molecule is COc1ccc(C(N)CNC(=O)OC(C)(C)C)cc1C(C)C. The lowest BCUT2D eigenvalue weighted by molar-refractivity contribution is 0.0524. The summed E-state index contributed by atoms with van der Waals surface area (Å²) in [7, 11) is 1.66. The summed E-state index contributed by atoms with van der Waals surface area (Å²) in [5.74, 6) is 1.19. The van der Waals surface area contributed by atoms with Gasteiger partial charge in [0.25, 0.3) is 0 Å². The van der Waals surface area contributed by atoms with Crippen LogP contribution in [0.3, 0.4) is 0 Å². The number of benzene rings is 1. The molecule has 0 radical (unpaired) electrons. The van der Waals surface area contributed by atoms with Crippen molar-refractivity contribution in [2.75, 3.05) is 13.7 Å². The third kappa shape index (κ3) is 5.56. The van der Waals surface area contributed by atoms with Crippen molar-refractivity contribution in [3.8, 4) is 5.75 Å². The Morgan fingerprint density at radius 1 is 1.32 bits per heavy atom. The molecule has 0 saturated heterocycles. The van der Waals surface area contributed by atoms with Gasteiger partial charge in [-0.25, -0.2) is 4.79 Å². The maximum atomic E-state index is 11.7. The Bertz CT molecular complexity index is 507. The van der Waals surface area contributed by atoms with Gasteiger partial charge >= 0.3 is 6.09 Å². The van der Waals surface area contributed by atoms with Gasteiger partial charge in [-0.15, -0.1) is 0 Å². The third-order valence-corrected chi connectivity index (χ3v) is 3.17. The van der Waals surface area contributed by atoms with Gasteiger partial charge in [-0.1, -0.05) is 26.0 Å². The lowest BCUT2D eigenvalue weighted by Crippen LogP contribution is -2.36. The number of carbonyl (C=O) groups is 1. The number of carbonyl (C=O) groups excluding carboxylic acids is 1. The van der Waals surface area contributed by atoms with E-state index in [1.807, 2.05) is 39.0 Å². The van der Waals surface area contributed by atoms with E-state index in [4.69, 9.17) is 15.2 Å². The van der Waals surface area contributed by atoms with Crippen LogP contribution in [0.4, 0.5) is 4.79 Å². The molecule has 0 aromatic heterocycles. The van der Waals surface area contributed by atoms with Gasteiger partial charge < -0.3 is 20.5 Å². The van der Waals surface area contributed by atoms with E-state index in [-0.39, 0.29) is 6.04 Å². The zero-order valence-corrected chi connectivity index (χ0v) is 14.4. The fraction of sp³-hybridized carbons (Fsp3) is 0.588. The molecule has 1 aromatic rings. The number of rotatable bonds is 5. The van der Waals surface area contributed by atoms with Crippen LogP contribution in [0.15, 0.2) is 18.2 Å². The van der Waals surface area contributed by atoms with Crippen LogP contribution in [-0.4, -0.2) is 25.3 Å². The van der Waals surface area contributed by atoms with Gasteiger partial charge in [0.05, 0.1) is 7.11 Å². The van der Waals surface area contributed by atoms with E-state index >= 15 is 0 Å². The molecule has 0 aliphatic carbocycles. The van der Waals surface area contributed by atoms with Crippen LogP contribution < -0.4 is 15.8 Å². The van der Waals surface area contributed by atoms with Gasteiger partial charge in [0, 0.05) is 12.6 Å². The first-order chi connectivity index (χ1) is 10.1. The Morgan fingerprint density at radius 3 is 2.45 bits per heavy atom. The molecule has 5 nitrogen and oxygen atoms in total. The first-order valence-electron chi connectivity index (χ1n) is 7.54. The van der Waals surface area contributed by atoms with Crippen molar-refractivity contribution in [2.24, 2.45) is 5.73 Å². The van der Waals surface area contributed by atoms with E-state index in [1.54, 1.807) is 7.11 Å². The first kappa shape index (κ1) is 18.3. The minimum Gasteiger partial charge on any atom is -0.496 e. The first-order valence-corrected chi connectivity index (χ1v) is 7.54. The van der Waals surface area contributed by atoms with E-state index < -0.39 is 11.7 Å². The van der Waals surface area contributed by atoms with Crippen molar-refractivity contribution in [3.05, 3.63) is 29.3 Å². The van der Waals surface area contributed by atoms with Gasteiger partial charge in [-0.2, -0.15) is 0 Å². The number of amides is 1. The fourth-order valence-corrected chi connectivity index (χ4v) is 2.06. The molecule has 124 valence electrons. The zero-order chi connectivity index (χ0) is 16.9. The second-order valence-electron chi connectivity index (χ2n) is 6.65. The van der Waals surface area contributed by atoms with Crippen molar-refractivity contribution in [3.63, 3.8) is 0 Å². The molecule has 5 heteroatoms. The molecule has 0 fully saturated rings. The number of alkyl carbamates (subject to hydrolysis) is 1. The molecule has 0 bridgehead atoms. The second kappa shape index (κ2) is 7.49. The normalized spacial score (nSPS) is 12.9. The highest BCUT2D eigenvalue weighted by Gasteiger charge is 2.17. The molecule has 1 amide bonds. The molecule has 3 N–H and O–H groups in total. The highest BCUT2D eigenvalue weighted by atomic mass is 16.6. The van der Waals surface area contributed by atoms with E-state index in [0.29, 0.717) is 12.5 Å². The minimum atomic E-state index is -0.515. The Morgan fingerprint density at radius 2 is 1.95 bits per heavy atom. The van der Waals surface area contributed by atoms with E-state index in [9.17, 15) is 4.79 Å². The summed E-state index contributed by atoms with van der Waals surface area (Å²) in [6.07, 6.45) is -0.458. The largest absolute Gasteiger partial charge is 0.496 e. The molecule has 1 atom stereocenters. The predicted molar refractivity (Wildman–Crippen MR) is 88.2 cm³/mol. The topological polar surface area (TPSA) is 73.6 Å². The van der Waals surface area contributed by atoms with Crippen molar-refractivity contribution in [1.82, 2.24) is 5.32 Å². The Labute approximate surface area is 133 Å². The van der Waals surface area contributed by atoms with Gasteiger partial charge in [0.1, 0.15) is 11.4 Å². The van der Waals surface area contributed by atoms with Crippen LogP contribution in [0.5, 0.6) is 5.75 Å². The smallest absolute Gasteiger partial charge is 0.407 e. The van der Waals surface area contributed by atoms with E-state index in [1.165, 1.54) is 0 Å². The summed E-state index contributed by atoms with van der Waals surface area (Å²) in [4.78, 5) is 11.7. The predicted octanol–water partition coefficient (Wildman–Crippen LogP) is 3.34. The maximum Gasteiger partial charge on any atom is 0.407 e. The lowest BCUT2D eigenvalue weighted by Gasteiger charge is -2.21. The summed E-state index contributed by atoms with van der Waals surface area (Å²) in [6, 6.07) is 5.57. The molecule has 0 aliphatic heterocycles. The Kier molecular flexibility index (Phi) is 6.23. The molecule has 22 heavy (non-hydrogen) atoms. The Hall–Kier alpha value is -1.75. The molecule has 0 heterocycles. The van der Waals surface area contributed by atoms with Crippen molar-refractivity contribution < 1.29 is 14.3 Å². The van der Waals surface area contributed by atoms with Crippen molar-refractivity contribution in [1.29, 1.82) is 0 Å². The van der Waals surface area contributed by atoms with E-state index in [2.05, 4.69) is 19.2 Å². The summed E-state index contributed by atoms with van der Waals surface area (Å²) in [6.45, 7) is 10.00. The minimum absolute atomic E-state index is 0.295. The van der Waals surface area contributed by atoms with Crippen LogP contribution in [-0.2, 0) is 4.74 Å². The summed E-state index contributed by atoms with van der Waals surface area (Å²) in [5.41, 5.74) is 7.70. The maximum absolute atomic E-state index is 11.7. The lowest BCUT2D eigenvalue weighted by atomic mass is 9.97. The van der Waals surface area contributed by atoms with Gasteiger partial charge in [0.2, 0.25) is 0 Å². The van der Waals surface area contributed by atoms with Gasteiger partial charge in [0.15, 0.2) is 0 Å². The van der Waals surface area contributed by atoms with Crippen LogP contribution in [0.2, 0.25) is 0 Å². The standard InChI is InChI=1S/C17H28N2O3/c1-11(2)13-9-12(7-8-15(13)21-6)14(18)10-19-16(20)22-17(3,4)5/h7-9,11,14H,10,18H2,1-6H3,(H,19,20). The number of nitrogens with two attached hydrogens (primary N) is 1. The molecule has 0 spiro atoms. The van der Waals surface area contributed by atoms with Gasteiger partial charge in [-0.3, -0.25) is 0 Å². The van der Waals surface area contributed by atoms with Crippen LogP contribution in [0.25, 0.3) is 0 Å². The molecule has 0 aliphatic rings. The monoisotopic (exact) mass is 308 g/mol. The number of ether oxygens (including phenoxy) is 2. The fourth-order valence-electron chi connectivity index (χ4n) is 2.06. The van der Waals surface area contributed by atoms with Crippen LogP contribution in [0.1, 0.15) is 57.7 Å². The van der Waals surface area contributed by atoms with E-state index in [0.717, 1.165) is 16.9 Å². The summed E-state index contributed by atoms with van der Waals surface area (Å²) < 4.78 is 10.6. The number of nitrogens with one attached hydrogen (secondary N) is 1. The zero-order valence-electron chi connectivity index (χ0n) is 14.4.